The first-order valence-electron chi connectivity index (χ1n) is 17.0. The maximum atomic E-state index is 6.97. The number of rotatable bonds is 17. The summed E-state index contributed by atoms with van der Waals surface area (Å²) in [5.41, 5.74) is 7.98. The molecular formula is C42H48O5. The average molecular weight is 633 g/mol. The predicted molar refractivity (Wildman–Crippen MR) is 186 cm³/mol. The molecule has 2 bridgehead atoms. The number of benzene rings is 4. The number of unbranched alkanes of at least 4 members (excludes halogenated alkanes) is 1. The Kier molecular flexibility index (Phi) is 11.4. The molecule has 2 heterocycles. The van der Waals surface area contributed by atoms with Gasteiger partial charge in [0.1, 0.15) is 5.60 Å². The van der Waals surface area contributed by atoms with E-state index in [0.717, 1.165) is 55.4 Å². The third kappa shape index (κ3) is 8.86. The highest BCUT2D eigenvalue weighted by molar-refractivity contribution is 5.38. The molecule has 0 unspecified atom stereocenters. The first-order valence-corrected chi connectivity index (χ1v) is 17.0. The molecule has 3 atom stereocenters. The summed E-state index contributed by atoms with van der Waals surface area (Å²) < 4.78 is 32.0. The van der Waals surface area contributed by atoms with Crippen LogP contribution in [0.5, 0.6) is 0 Å². The monoisotopic (exact) mass is 632 g/mol. The molecule has 0 amide bonds. The van der Waals surface area contributed by atoms with Crippen LogP contribution in [0.4, 0.5) is 0 Å². The second kappa shape index (κ2) is 16.0. The lowest BCUT2D eigenvalue weighted by molar-refractivity contribution is -0.258. The van der Waals surface area contributed by atoms with Gasteiger partial charge in [-0.05, 0) is 72.1 Å². The quantitative estimate of drug-likeness (QED) is 0.0862. The Morgan fingerprint density at radius 1 is 0.787 bits per heavy atom. The third-order valence-electron chi connectivity index (χ3n) is 9.30. The van der Waals surface area contributed by atoms with E-state index in [4.69, 9.17) is 23.7 Å². The molecule has 0 aromatic heterocycles. The van der Waals surface area contributed by atoms with Crippen LogP contribution in [0, 0.1) is 6.92 Å². The Hall–Kier alpha value is -3.58. The molecule has 246 valence electrons. The summed E-state index contributed by atoms with van der Waals surface area (Å²) in [6.45, 7) is 9.31. The molecule has 6 rings (SSSR count). The molecule has 47 heavy (non-hydrogen) atoms. The molecule has 5 heteroatoms. The zero-order valence-corrected chi connectivity index (χ0v) is 27.7. The van der Waals surface area contributed by atoms with Gasteiger partial charge in [-0.3, -0.25) is 0 Å². The average Bonchev–Trinajstić information content (AvgIpc) is 3.38. The van der Waals surface area contributed by atoms with Crippen molar-refractivity contribution < 1.29 is 23.7 Å². The molecule has 5 nitrogen and oxygen atoms in total. The van der Waals surface area contributed by atoms with E-state index in [1.807, 2.05) is 24.3 Å². The molecule has 4 aromatic carbocycles. The Bertz CT molecular complexity index is 1550. The van der Waals surface area contributed by atoms with E-state index >= 15 is 0 Å². The van der Waals surface area contributed by atoms with Crippen molar-refractivity contribution >= 4 is 0 Å². The number of hydrogen-bond acceptors (Lipinski definition) is 5. The summed E-state index contributed by atoms with van der Waals surface area (Å²) in [5, 5.41) is 0. The molecule has 0 spiro atoms. The fourth-order valence-corrected chi connectivity index (χ4v) is 6.71. The van der Waals surface area contributed by atoms with Gasteiger partial charge in [0.2, 0.25) is 0 Å². The predicted octanol–water partition coefficient (Wildman–Crippen LogP) is 8.65. The maximum absolute atomic E-state index is 6.97. The lowest BCUT2D eigenvalue weighted by atomic mass is 9.87. The van der Waals surface area contributed by atoms with Gasteiger partial charge in [0, 0.05) is 25.0 Å². The van der Waals surface area contributed by atoms with Gasteiger partial charge in [0.15, 0.2) is 5.79 Å². The zero-order chi connectivity index (χ0) is 32.4. The van der Waals surface area contributed by atoms with E-state index in [0.29, 0.717) is 39.5 Å². The standard InChI is InChI=1S/C42H48O5/c1-3-23-43-24-11-10-12-34-18-20-35(21-19-34)25-38-26-39(22-17-33(38)2)42-28-40(45-30-37-15-8-5-9-16-37)27-41(47-42,32-46-42)31-44-29-36-13-6-4-7-14-36/h3-9,13-22,26,40H,1,10-12,23-25,27-32H2,2H3/t40-,41-,42+/m0/s1. The lowest BCUT2D eigenvalue weighted by Crippen LogP contribution is -2.49. The molecule has 4 aromatic rings. The topological polar surface area (TPSA) is 46.2 Å². The number of hydrogen-bond donors (Lipinski definition) is 0. The van der Waals surface area contributed by atoms with Crippen molar-refractivity contribution in [3.05, 3.63) is 155 Å². The first kappa shape index (κ1) is 33.3. The molecule has 0 N–H and O–H groups in total. The number of fused-ring (bicyclic) bond motifs is 2. The summed E-state index contributed by atoms with van der Waals surface area (Å²) in [5.74, 6) is -0.878. The zero-order valence-electron chi connectivity index (χ0n) is 27.7. The van der Waals surface area contributed by atoms with Crippen molar-refractivity contribution in [2.24, 2.45) is 0 Å². The van der Waals surface area contributed by atoms with E-state index in [2.05, 4.69) is 92.4 Å². The fourth-order valence-electron chi connectivity index (χ4n) is 6.71. The summed E-state index contributed by atoms with van der Waals surface area (Å²) >= 11 is 0. The Morgan fingerprint density at radius 2 is 1.51 bits per heavy atom. The van der Waals surface area contributed by atoms with Crippen LogP contribution in [-0.2, 0) is 55.5 Å². The molecule has 0 radical (unpaired) electrons. The van der Waals surface area contributed by atoms with Crippen molar-refractivity contribution in [1.82, 2.24) is 0 Å². The van der Waals surface area contributed by atoms with Gasteiger partial charge in [-0.2, -0.15) is 0 Å². The minimum Gasteiger partial charge on any atom is -0.377 e. The highest BCUT2D eigenvalue weighted by Crippen LogP contribution is 2.50. The summed E-state index contributed by atoms with van der Waals surface area (Å²) in [4.78, 5) is 0. The molecule has 0 aliphatic carbocycles. The second-order valence-electron chi connectivity index (χ2n) is 13.1. The van der Waals surface area contributed by atoms with Gasteiger partial charge in [0.05, 0.1) is 39.1 Å². The molecule has 2 aliphatic heterocycles. The fraction of sp³-hybridized carbons (Fsp3) is 0.381. The van der Waals surface area contributed by atoms with Crippen LogP contribution in [-0.4, -0.2) is 38.1 Å². The van der Waals surface area contributed by atoms with E-state index < -0.39 is 11.4 Å². The molecule has 0 saturated carbocycles. The largest absolute Gasteiger partial charge is 0.377 e. The van der Waals surface area contributed by atoms with E-state index in [-0.39, 0.29) is 6.10 Å². The van der Waals surface area contributed by atoms with E-state index in [9.17, 15) is 0 Å². The molecule has 2 saturated heterocycles. The van der Waals surface area contributed by atoms with E-state index in [1.54, 1.807) is 6.08 Å². The minimum absolute atomic E-state index is 0.0300. The van der Waals surface area contributed by atoms with Crippen LogP contribution in [0.25, 0.3) is 0 Å². The van der Waals surface area contributed by atoms with E-state index in [1.165, 1.54) is 22.3 Å². The van der Waals surface area contributed by atoms with Crippen molar-refractivity contribution in [3.8, 4) is 0 Å². The summed E-state index contributed by atoms with van der Waals surface area (Å²) in [7, 11) is 0. The van der Waals surface area contributed by atoms with Gasteiger partial charge in [-0.25, -0.2) is 0 Å². The van der Waals surface area contributed by atoms with Crippen molar-refractivity contribution in [2.45, 2.75) is 76.2 Å². The SMILES string of the molecule is C=CCOCCCCc1ccc(Cc2cc([C@]34C[C@@H](OCc5ccccc5)C[C@](COCc5ccccc5)(CO3)O4)ccc2C)cc1. The van der Waals surface area contributed by atoms with Crippen LogP contribution < -0.4 is 0 Å². The highest BCUT2D eigenvalue weighted by Gasteiger charge is 2.58. The second-order valence-corrected chi connectivity index (χ2v) is 13.1. The Labute approximate surface area is 280 Å². The maximum Gasteiger partial charge on any atom is 0.198 e. The third-order valence-corrected chi connectivity index (χ3v) is 9.30. The van der Waals surface area contributed by atoms with Gasteiger partial charge in [-0.1, -0.05) is 103 Å². The van der Waals surface area contributed by atoms with Crippen LogP contribution in [0.15, 0.2) is 116 Å². The van der Waals surface area contributed by atoms with Gasteiger partial charge >= 0.3 is 0 Å². The van der Waals surface area contributed by atoms with Crippen LogP contribution in [0.1, 0.15) is 64.6 Å². The molecule has 2 fully saturated rings. The highest BCUT2D eigenvalue weighted by atomic mass is 16.8. The van der Waals surface area contributed by atoms with Crippen LogP contribution in [0.3, 0.4) is 0 Å². The van der Waals surface area contributed by atoms with Gasteiger partial charge in [0.25, 0.3) is 0 Å². The minimum atomic E-state index is -0.878. The summed E-state index contributed by atoms with van der Waals surface area (Å²) in [6, 6.07) is 36.4. The molecular weight excluding hydrogens is 584 g/mol. The number of aryl methyl sites for hydroxylation is 2. The lowest BCUT2D eigenvalue weighted by Gasteiger charge is -2.42. The van der Waals surface area contributed by atoms with Crippen LogP contribution in [0.2, 0.25) is 0 Å². The first-order chi connectivity index (χ1) is 23.0. The van der Waals surface area contributed by atoms with Crippen LogP contribution >= 0.6 is 0 Å². The van der Waals surface area contributed by atoms with Crippen molar-refractivity contribution in [3.63, 3.8) is 0 Å². The summed E-state index contributed by atoms with van der Waals surface area (Å²) in [6.07, 6.45) is 7.23. The van der Waals surface area contributed by atoms with Crippen molar-refractivity contribution in [1.29, 1.82) is 0 Å². The Balaban J connectivity index is 1.15. The van der Waals surface area contributed by atoms with Gasteiger partial charge < -0.3 is 23.7 Å². The Morgan fingerprint density at radius 3 is 2.26 bits per heavy atom. The number of ether oxygens (including phenoxy) is 5. The van der Waals surface area contributed by atoms with Gasteiger partial charge in [-0.15, -0.1) is 6.58 Å². The normalized spacial score (nSPS) is 21.9. The molecule has 2 aliphatic rings. The smallest absolute Gasteiger partial charge is 0.198 e. The van der Waals surface area contributed by atoms with Crippen molar-refractivity contribution in [2.75, 3.05) is 26.4 Å².